The minimum Gasteiger partial charge on any atom is -0.456 e. The summed E-state index contributed by atoms with van der Waals surface area (Å²) in [4.78, 5) is 14.1. The summed E-state index contributed by atoms with van der Waals surface area (Å²) in [6.07, 6.45) is 7.25. The molecule has 5 saturated carbocycles. The lowest BCUT2D eigenvalue weighted by Gasteiger charge is -2.63. The van der Waals surface area contributed by atoms with Gasteiger partial charge in [0.15, 0.2) is 12.4 Å². The number of hydrogen-bond acceptors (Lipinski definition) is 10. The number of hydrogen-bond donors (Lipinski definition) is 4. The highest BCUT2D eigenvalue weighted by molar-refractivity contribution is 5.66. The molecule has 49 heavy (non-hydrogen) atoms. The van der Waals surface area contributed by atoms with Crippen molar-refractivity contribution in [3.8, 4) is 0 Å². The van der Waals surface area contributed by atoms with Crippen LogP contribution < -0.4 is 0 Å². The molecule has 4 N–H and O–H groups in total. The number of ether oxygens (including phenoxy) is 4. The molecule has 10 heteroatoms. The summed E-state index contributed by atoms with van der Waals surface area (Å²) in [5, 5.41) is 43.0. The van der Waals surface area contributed by atoms with Crippen LogP contribution in [0.5, 0.6) is 0 Å². The minimum absolute atomic E-state index is 0.0538. The summed E-state index contributed by atoms with van der Waals surface area (Å²) >= 11 is 0. The fourth-order valence-electron chi connectivity index (χ4n) is 13.1. The van der Waals surface area contributed by atoms with Crippen molar-refractivity contribution in [2.45, 2.75) is 143 Å². The van der Waals surface area contributed by atoms with Crippen LogP contribution in [-0.4, -0.2) is 100 Å². The number of morpholine rings is 1. The van der Waals surface area contributed by atoms with Crippen LogP contribution in [0.1, 0.15) is 107 Å². The molecular weight excluding hydrogens is 626 g/mol. The van der Waals surface area contributed by atoms with Crippen molar-refractivity contribution in [1.29, 1.82) is 0 Å². The van der Waals surface area contributed by atoms with E-state index in [4.69, 9.17) is 18.9 Å². The van der Waals surface area contributed by atoms with Gasteiger partial charge in [-0.05, 0) is 105 Å². The molecule has 277 valence electrons. The molecule has 11 atom stereocenters. The third-order valence-electron chi connectivity index (χ3n) is 15.5. The molecule has 5 aliphatic carbocycles. The van der Waals surface area contributed by atoms with Gasteiger partial charge in [-0.15, -0.1) is 0 Å². The molecule has 0 bridgehead atoms. The fourth-order valence-corrected chi connectivity index (χ4v) is 13.1. The second-order valence-electron chi connectivity index (χ2n) is 18.6. The Hall–Kier alpha value is -0.850. The third-order valence-corrected chi connectivity index (χ3v) is 15.5. The van der Waals surface area contributed by atoms with Crippen LogP contribution in [0.3, 0.4) is 0 Å². The first kappa shape index (κ1) is 36.5. The first-order chi connectivity index (χ1) is 22.9. The normalized spacial score (nSPS) is 46.3. The molecule has 0 amide bonds. The molecule has 3 radical (unpaired) electrons. The maximum Gasteiger partial charge on any atom is 0.303 e. The van der Waals surface area contributed by atoms with Crippen LogP contribution in [0.4, 0.5) is 0 Å². The maximum absolute atomic E-state index is 12.5. The molecule has 2 heterocycles. The lowest BCUT2D eigenvalue weighted by atomic mass is 9.41. The van der Waals surface area contributed by atoms with Gasteiger partial charge in [0.2, 0.25) is 0 Å². The highest BCUT2D eigenvalue weighted by Crippen LogP contribution is 2.90. The van der Waals surface area contributed by atoms with Crippen molar-refractivity contribution in [1.82, 2.24) is 4.90 Å². The SMILES string of the molecule is CC(=O)O[C@@H]([C]1C[C@@H](C)[C@H]2[C](O1)[C@H](O)[C@@]1(C)[C]3CC[C@H]4C(C)(C)C(O[C@H]5CN(C(CO)CO)CCO5)CC[C@@]45C[C@@]35CC[C@]21C)C(C)(C)O. The Morgan fingerprint density at radius 2 is 1.82 bits per heavy atom. The smallest absolute Gasteiger partial charge is 0.303 e. The van der Waals surface area contributed by atoms with Crippen molar-refractivity contribution in [3.05, 3.63) is 18.1 Å². The van der Waals surface area contributed by atoms with Crippen LogP contribution in [0.15, 0.2) is 0 Å². The van der Waals surface area contributed by atoms with Crippen molar-refractivity contribution in [3.63, 3.8) is 0 Å². The standard InChI is InChI=1S/C39H62NO9/c1-22-17-25(33(35(5,6)45)47-23(2)43)48-31-30(22)36(7)13-14-39-21-38(39)12-11-28(49-29-18-40(15-16-46-29)24(19-41)20-42)34(3,4)26(38)9-10-27(39)37(36,8)32(31)44/h22,24,26,28-30,32-33,41-42,44-45H,9-21H2,1-8H3/t22-,26+,28?,29+,30+,32+,33+,36-,37-,38-,39+/m1/s1. The van der Waals surface area contributed by atoms with Gasteiger partial charge in [0, 0.05) is 24.8 Å². The van der Waals surface area contributed by atoms with Crippen molar-refractivity contribution >= 4 is 5.97 Å². The molecule has 0 aromatic carbocycles. The zero-order valence-electron chi connectivity index (χ0n) is 31.1. The van der Waals surface area contributed by atoms with Gasteiger partial charge in [0.25, 0.3) is 0 Å². The topological polar surface area (TPSA) is 138 Å². The molecule has 7 rings (SSSR count). The average Bonchev–Trinajstić information content (AvgIpc) is 3.66. The van der Waals surface area contributed by atoms with Crippen LogP contribution in [0.25, 0.3) is 0 Å². The summed E-state index contributed by atoms with van der Waals surface area (Å²) in [7, 11) is 0. The van der Waals surface area contributed by atoms with Gasteiger partial charge in [0.1, 0.15) is 12.2 Å². The molecular formula is C39H62NO9. The molecule has 10 nitrogen and oxygen atoms in total. The predicted molar refractivity (Wildman–Crippen MR) is 181 cm³/mol. The summed E-state index contributed by atoms with van der Waals surface area (Å²) in [6.45, 7) is 17.9. The Labute approximate surface area is 293 Å². The van der Waals surface area contributed by atoms with Gasteiger partial charge >= 0.3 is 5.97 Å². The first-order valence-electron chi connectivity index (χ1n) is 19.0. The number of carbonyl (C=O) groups is 1. The maximum atomic E-state index is 12.5. The van der Waals surface area contributed by atoms with E-state index in [1.807, 2.05) is 0 Å². The molecule has 0 aromatic rings. The largest absolute Gasteiger partial charge is 0.456 e. The van der Waals surface area contributed by atoms with E-state index >= 15 is 0 Å². The van der Waals surface area contributed by atoms with Gasteiger partial charge in [-0.2, -0.15) is 0 Å². The van der Waals surface area contributed by atoms with Gasteiger partial charge in [-0.25, -0.2) is 0 Å². The summed E-state index contributed by atoms with van der Waals surface area (Å²) < 4.78 is 25.2. The number of aliphatic hydroxyl groups excluding tert-OH is 3. The number of aliphatic hydroxyl groups is 4. The molecule has 7 fully saturated rings. The summed E-state index contributed by atoms with van der Waals surface area (Å²) in [5.41, 5.74) is -1.68. The van der Waals surface area contributed by atoms with Gasteiger partial charge in [-0.3, -0.25) is 9.69 Å². The third kappa shape index (κ3) is 5.11. The van der Waals surface area contributed by atoms with Crippen LogP contribution >= 0.6 is 0 Å². The Kier molecular flexibility index (Phi) is 9.00. The van der Waals surface area contributed by atoms with Crippen molar-refractivity contribution < 1.29 is 44.2 Å². The van der Waals surface area contributed by atoms with E-state index in [9.17, 15) is 25.2 Å². The minimum atomic E-state index is -1.32. The second-order valence-corrected chi connectivity index (χ2v) is 18.6. The first-order valence-corrected chi connectivity index (χ1v) is 19.0. The highest BCUT2D eigenvalue weighted by Gasteiger charge is 2.85. The van der Waals surface area contributed by atoms with Gasteiger partial charge < -0.3 is 39.4 Å². The zero-order chi connectivity index (χ0) is 35.5. The number of esters is 1. The summed E-state index contributed by atoms with van der Waals surface area (Å²) in [6, 6.07) is -0.294. The van der Waals surface area contributed by atoms with Crippen LogP contribution in [0, 0.1) is 63.0 Å². The lowest BCUT2D eigenvalue weighted by molar-refractivity contribution is -0.247. The van der Waals surface area contributed by atoms with Crippen LogP contribution in [-0.2, 0) is 23.7 Å². The summed E-state index contributed by atoms with van der Waals surface area (Å²) in [5.74, 6) is 1.81. The zero-order valence-corrected chi connectivity index (χ0v) is 31.1. The molecule has 7 aliphatic rings. The van der Waals surface area contributed by atoms with E-state index < -0.39 is 29.2 Å². The van der Waals surface area contributed by atoms with E-state index in [0.717, 1.165) is 38.5 Å². The molecule has 2 aliphatic heterocycles. The molecule has 0 aromatic heterocycles. The van der Waals surface area contributed by atoms with E-state index in [0.29, 0.717) is 44.2 Å². The molecule has 2 spiro atoms. The van der Waals surface area contributed by atoms with E-state index in [-0.39, 0.29) is 65.1 Å². The van der Waals surface area contributed by atoms with E-state index in [1.165, 1.54) is 13.3 Å². The predicted octanol–water partition coefficient (Wildman–Crippen LogP) is 4.18. The monoisotopic (exact) mass is 688 g/mol. The quantitative estimate of drug-likeness (QED) is 0.275. The van der Waals surface area contributed by atoms with E-state index in [2.05, 4.69) is 39.5 Å². The Morgan fingerprint density at radius 3 is 2.47 bits per heavy atom. The highest BCUT2D eigenvalue weighted by atomic mass is 16.7. The fraction of sp³-hybridized carbons (Fsp3) is 0.897. The number of rotatable bonds is 8. The molecule has 1 unspecified atom stereocenters. The number of carbonyl (C=O) groups excluding carboxylic acids is 1. The van der Waals surface area contributed by atoms with Crippen molar-refractivity contribution in [2.75, 3.05) is 32.9 Å². The van der Waals surface area contributed by atoms with Crippen LogP contribution in [0.2, 0.25) is 0 Å². The Bertz CT molecular complexity index is 1270. The van der Waals surface area contributed by atoms with Crippen molar-refractivity contribution in [2.24, 2.45) is 44.8 Å². The van der Waals surface area contributed by atoms with E-state index in [1.54, 1.807) is 19.8 Å². The average molecular weight is 689 g/mol. The van der Waals surface area contributed by atoms with Gasteiger partial charge in [0.05, 0.1) is 50.2 Å². The Morgan fingerprint density at radius 1 is 1.10 bits per heavy atom. The second kappa shape index (κ2) is 12.1. The lowest BCUT2D eigenvalue weighted by Crippen LogP contribution is -2.59. The number of nitrogens with zero attached hydrogens (tertiary/aromatic N) is 1. The van der Waals surface area contributed by atoms with Gasteiger partial charge in [-0.1, -0.05) is 34.6 Å². The molecule has 2 saturated heterocycles. The Balaban J connectivity index is 1.11. The number of fused-ring (bicyclic) bond motifs is 4.